The van der Waals surface area contributed by atoms with Gasteiger partial charge < -0.3 is 49.3 Å². The lowest BCUT2D eigenvalue weighted by Crippen LogP contribution is -2.47. The molecule has 0 saturated carbocycles. The van der Waals surface area contributed by atoms with Gasteiger partial charge in [0.1, 0.15) is 45.7 Å². The van der Waals surface area contributed by atoms with Crippen molar-refractivity contribution in [2.45, 2.75) is 102 Å². The van der Waals surface area contributed by atoms with E-state index in [0.717, 1.165) is 138 Å². The first-order valence-electron chi connectivity index (χ1n) is 39.1. The number of piperazine rings is 2. The van der Waals surface area contributed by atoms with Crippen LogP contribution in [-0.4, -0.2) is 173 Å². The summed E-state index contributed by atoms with van der Waals surface area (Å²) in [6.45, 7) is 20.1. The van der Waals surface area contributed by atoms with Gasteiger partial charge >= 0.3 is 0 Å². The van der Waals surface area contributed by atoms with Crippen molar-refractivity contribution in [2.75, 3.05) is 125 Å². The van der Waals surface area contributed by atoms with E-state index < -0.39 is 62.9 Å². The fraction of sp³-hybridized carbons (Fsp3) is 0.405. The zero-order chi connectivity index (χ0) is 79.5. The molecular formula is C84H96N14O14S2. The van der Waals surface area contributed by atoms with Crippen LogP contribution in [-0.2, 0) is 29.5 Å². The Morgan fingerprint density at radius 2 is 0.921 bits per heavy atom. The number of anilines is 4. The second kappa shape index (κ2) is 33.4. The summed E-state index contributed by atoms with van der Waals surface area (Å²) in [5.41, 5.74) is 10.6. The maximum atomic E-state index is 14.3. The van der Waals surface area contributed by atoms with Crippen LogP contribution in [0.15, 0.2) is 167 Å². The van der Waals surface area contributed by atoms with Crippen molar-refractivity contribution >= 4 is 99.2 Å². The summed E-state index contributed by atoms with van der Waals surface area (Å²) in [5.74, 6) is -0.617. The highest BCUT2D eigenvalue weighted by atomic mass is 32.2. The zero-order valence-corrected chi connectivity index (χ0v) is 66.1. The number of fused-ring (bicyclic) bond motifs is 2. The van der Waals surface area contributed by atoms with E-state index in [1.54, 1.807) is 60.9 Å². The Morgan fingerprint density at radius 3 is 1.31 bits per heavy atom. The van der Waals surface area contributed by atoms with E-state index in [1.165, 1.54) is 70.1 Å². The second-order valence-electron chi connectivity index (χ2n) is 32.3. The third kappa shape index (κ3) is 18.4. The summed E-state index contributed by atoms with van der Waals surface area (Å²) >= 11 is 0. The first-order chi connectivity index (χ1) is 54.8. The topological polar surface area (TPSA) is 344 Å². The lowest BCUT2D eigenvalue weighted by Gasteiger charge is -2.40. The third-order valence-corrected chi connectivity index (χ3v) is 25.8. The van der Waals surface area contributed by atoms with Crippen LogP contribution >= 0.6 is 0 Å². The van der Waals surface area contributed by atoms with E-state index >= 15 is 0 Å². The Labute approximate surface area is 662 Å². The minimum Gasteiger partial charge on any atom is -0.455 e. The van der Waals surface area contributed by atoms with E-state index in [9.17, 15) is 46.7 Å². The number of nitrogens with one attached hydrogen (secondary N) is 6. The number of pyridine rings is 2. The number of hydrogen-bond acceptors (Lipinski definition) is 22. The van der Waals surface area contributed by atoms with Crippen molar-refractivity contribution in [2.24, 2.45) is 22.7 Å². The van der Waals surface area contributed by atoms with Crippen LogP contribution in [0.5, 0.6) is 23.0 Å². The highest BCUT2D eigenvalue weighted by Gasteiger charge is 2.35. The Hall–Kier alpha value is -10.8. The van der Waals surface area contributed by atoms with Crippen molar-refractivity contribution in [1.29, 1.82) is 0 Å². The summed E-state index contributed by atoms with van der Waals surface area (Å²) in [6.07, 6.45) is 15.8. The molecule has 5 aromatic carbocycles. The predicted molar refractivity (Wildman–Crippen MR) is 438 cm³/mol. The molecule has 114 heavy (non-hydrogen) atoms. The van der Waals surface area contributed by atoms with Crippen LogP contribution in [0.25, 0.3) is 33.2 Å². The first-order valence-corrected chi connectivity index (χ1v) is 42.1. The normalized spacial score (nSPS) is 18.2. The van der Waals surface area contributed by atoms with Crippen LogP contribution in [0.4, 0.5) is 34.1 Å². The average molecular weight is 1590 g/mol. The number of hydrogen-bond donors (Lipinski definition) is 6. The second-order valence-corrected chi connectivity index (χ2v) is 35.7. The molecule has 2 amide bonds. The van der Waals surface area contributed by atoms with Crippen LogP contribution in [0.3, 0.4) is 0 Å². The van der Waals surface area contributed by atoms with Crippen LogP contribution < -0.4 is 39.4 Å². The number of nitro benzene ring substituents is 2. The summed E-state index contributed by atoms with van der Waals surface area (Å²) < 4.78 is 83.9. The number of benzene rings is 5. The monoisotopic (exact) mass is 1590 g/mol. The van der Waals surface area contributed by atoms with Crippen molar-refractivity contribution < 1.29 is 55.2 Å². The molecule has 4 saturated heterocycles. The molecule has 8 heterocycles. The highest BCUT2D eigenvalue weighted by molar-refractivity contribution is 7.90. The molecule has 0 atom stereocenters. The van der Waals surface area contributed by atoms with E-state index in [-0.39, 0.29) is 56.7 Å². The Kier molecular flexibility index (Phi) is 23.0. The Morgan fingerprint density at radius 1 is 0.526 bits per heavy atom. The summed E-state index contributed by atoms with van der Waals surface area (Å²) in [5, 5.41) is 32.4. The summed E-state index contributed by atoms with van der Waals surface area (Å²) in [6, 6.07) is 33.8. The molecule has 0 bridgehead atoms. The van der Waals surface area contributed by atoms with E-state index in [1.807, 2.05) is 12.1 Å². The average Bonchev–Trinajstić information content (AvgIpc) is 0.874. The van der Waals surface area contributed by atoms with E-state index in [0.29, 0.717) is 88.5 Å². The number of allylic oxidation sites excluding steroid dienone is 2. The van der Waals surface area contributed by atoms with Crippen LogP contribution in [0.2, 0.25) is 0 Å². The Bertz CT molecular complexity index is 5090. The molecule has 6 aliphatic rings. The molecule has 9 aromatic rings. The number of sulfonamides is 2. The molecule has 28 nitrogen and oxygen atoms in total. The molecule has 15 rings (SSSR count). The van der Waals surface area contributed by atoms with Gasteiger partial charge in [0.25, 0.3) is 43.2 Å². The SMILES string of the molecule is CC1(C)CCC(CN2CCN(c3ccc(C(=O)NS(=O)(=O)c4ccc(NCC5CCOCC5)c([N+](=O)[O-])c4)c(Oc4cnc5[nH]ccc5c4)c3)CC2)=C(c2ccc(C3=C(CN4CCN(c5ccc(C(=O)NS(=O)(=O)c6ccc(NCC7CCOCC7)c([N+](=O)[O-])c6)c(Oc6cnc7[nH]ccc7c6)c5)CC4)CCC(C)(C)C3)cc2)C1. The molecule has 30 heteroatoms. The van der Waals surface area contributed by atoms with Gasteiger partial charge in [-0.3, -0.25) is 39.6 Å². The molecule has 4 fully saturated rings. The summed E-state index contributed by atoms with van der Waals surface area (Å²) in [7, 11) is -9.25. The molecule has 598 valence electrons. The largest absolute Gasteiger partial charge is 0.455 e. The number of aromatic amines is 2. The van der Waals surface area contributed by atoms with Crippen LogP contribution in [0, 0.1) is 42.9 Å². The standard InChI is InChI=1S/C84H96N14O14S2/c1-83(2)25-17-61(53-93-29-33-95(34-30-93)63-9-13-69(77(43-63)111-65-41-59-19-27-85-79(59)89-51-65)81(99)91-113(105,106)67-11-15-73(75(45-67)97(101)102)87-49-55-21-37-109-38-22-55)71(47-83)57-5-7-58(8-6-57)72-48-84(3,4)26-18-62(72)54-94-31-35-96(36-32-94)64-10-14-70(78(44-64)112-66-42-60-20-28-86-80(60)90-52-66)82(100)92-114(107,108)68-12-16-74(76(46-68)98(103)104)88-50-56-23-39-110-40-24-56/h5-16,19-20,27-28,41-46,51-52,55-56,87-88H,17-18,21-26,29-40,47-50,53-54H2,1-4H3,(H,85,89)(H,86,90)(H,91,99)(H,92,100). The number of ether oxygens (including phenoxy) is 4. The quantitative estimate of drug-likeness (QED) is 0.0217. The fourth-order valence-electron chi connectivity index (χ4n) is 16.4. The minimum absolute atomic E-state index is 0.0637. The number of carbonyl (C=O) groups excluding carboxylic acids is 2. The molecule has 0 unspecified atom stereocenters. The van der Waals surface area contributed by atoms with Gasteiger partial charge in [0.05, 0.1) is 43.2 Å². The fourth-order valence-corrected chi connectivity index (χ4v) is 18.3. The molecule has 4 aromatic heterocycles. The maximum absolute atomic E-state index is 14.3. The lowest BCUT2D eigenvalue weighted by atomic mass is 9.71. The number of nitrogens with zero attached hydrogens (tertiary/aromatic N) is 8. The van der Waals surface area contributed by atoms with Crippen LogP contribution in [0.1, 0.15) is 124 Å². The number of carbonyl (C=O) groups is 2. The minimum atomic E-state index is -4.63. The molecule has 4 aliphatic heterocycles. The molecule has 2 aliphatic carbocycles. The van der Waals surface area contributed by atoms with Gasteiger partial charge in [-0.15, -0.1) is 0 Å². The molecule has 0 radical (unpaired) electrons. The zero-order valence-electron chi connectivity index (χ0n) is 64.5. The van der Waals surface area contributed by atoms with Gasteiger partial charge in [0.2, 0.25) is 0 Å². The van der Waals surface area contributed by atoms with E-state index in [2.05, 4.69) is 112 Å². The third-order valence-electron chi connectivity index (χ3n) is 23.1. The molecule has 6 N–H and O–H groups in total. The van der Waals surface area contributed by atoms with Crippen molar-refractivity contribution in [1.82, 2.24) is 39.2 Å². The number of nitro groups is 2. The van der Waals surface area contributed by atoms with Gasteiger partial charge in [-0.1, -0.05) is 63.1 Å². The van der Waals surface area contributed by atoms with Gasteiger partial charge in [-0.05, 0) is 182 Å². The lowest BCUT2D eigenvalue weighted by molar-refractivity contribution is -0.384. The van der Waals surface area contributed by atoms with Crippen molar-refractivity contribution in [3.8, 4) is 23.0 Å². The van der Waals surface area contributed by atoms with E-state index in [4.69, 9.17) is 18.9 Å². The maximum Gasteiger partial charge on any atom is 0.293 e. The van der Waals surface area contributed by atoms with Crippen molar-refractivity contribution in [3.63, 3.8) is 0 Å². The smallest absolute Gasteiger partial charge is 0.293 e. The number of amides is 2. The van der Waals surface area contributed by atoms with Gasteiger partial charge in [0, 0.05) is 164 Å². The molecule has 0 spiro atoms. The number of rotatable bonds is 26. The van der Waals surface area contributed by atoms with Gasteiger partial charge in [-0.25, -0.2) is 36.2 Å². The highest BCUT2D eigenvalue weighted by Crippen LogP contribution is 2.47. The van der Waals surface area contributed by atoms with Crippen molar-refractivity contribution in [3.05, 3.63) is 200 Å². The molecular weight excluding hydrogens is 1490 g/mol. The first kappa shape index (κ1) is 78.5. The van der Waals surface area contributed by atoms with Gasteiger partial charge in [-0.2, -0.15) is 0 Å². The van der Waals surface area contributed by atoms with Gasteiger partial charge in [0.15, 0.2) is 0 Å². The Balaban J connectivity index is 0.608. The number of aromatic nitrogens is 4. The predicted octanol–water partition coefficient (Wildman–Crippen LogP) is 14.3. The number of H-pyrrole nitrogens is 2. The summed E-state index contributed by atoms with van der Waals surface area (Å²) in [4.78, 5) is 75.5.